The van der Waals surface area contributed by atoms with E-state index in [0.717, 1.165) is 25.4 Å². The van der Waals surface area contributed by atoms with Crippen LogP contribution in [0.2, 0.25) is 0 Å². The molecule has 4 unspecified atom stereocenters. The molecule has 2 aliphatic rings. The molecule has 1 aliphatic heterocycles. The first kappa shape index (κ1) is 13.3. The third kappa shape index (κ3) is 3.43. The van der Waals surface area contributed by atoms with Gasteiger partial charge in [-0.15, -0.1) is 0 Å². The van der Waals surface area contributed by atoms with Gasteiger partial charge < -0.3 is 15.3 Å². The number of hydrogen-bond donors (Lipinski definition) is 2. The topological polar surface area (TPSA) is 35.5 Å². The molecule has 100 valence electrons. The fourth-order valence-electron chi connectivity index (χ4n) is 3.52. The average molecular weight is 240 g/mol. The molecule has 3 heteroatoms. The molecule has 2 fully saturated rings. The van der Waals surface area contributed by atoms with E-state index in [2.05, 4.69) is 24.2 Å². The molecule has 3 nitrogen and oxygen atoms in total. The van der Waals surface area contributed by atoms with Gasteiger partial charge in [0.15, 0.2) is 0 Å². The van der Waals surface area contributed by atoms with Gasteiger partial charge in [0.1, 0.15) is 0 Å². The lowest BCUT2D eigenvalue weighted by Gasteiger charge is -2.39. The quantitative estimate of drug-likeness (QED) is 0.784. The highest BCUT2D eigenvalue weighted by Crippen LogP contribution is 2.26. The first-order chi connectivity index (χ1) is 8.20. The predicted molar refractivity (Wildman–Crippen MR) is 71.0 cm³/mol. The molecule has 2 N–H and O–H groups in total. The Kier molecular flexibility index (Phi) is 4.83. The van der Waals surface area contributed by atoms with Crippen molar-refractivity contribution in [1.82, 2.24) is 10.2 Å². The standard InChI is InChI=1S/C14H28N2O/c1-11-9-16(8-7-14(11)17)10-12-5-3-4-6-13(12)15-2/h11-15,17H,3-10H2,1-2H3. The zero-order valence-electron chi connectivity index (χ0n) is 11.4. The summed E-state index contributed by atoms with van der Waals surface area (Å²) < 4.78 is 0. The van der Waals surface area contributed by atoms with Gasteiger partial charge >= 0.3 is 0 Å². The number of aliphatic hydroxyl groups is 1. The summed E-state index contributed by atoms with van der Waals surface area (Å²) >= 11 is 0. The van der Waals surface area contributed by atoms with Gasteiger partial charge in [-0.3, -0.25) is 0 Å². The molecule has 0 spiro atoms. The first-order valence-electron chi connectivity index (χ1n) is 7.28. The van der Waals surface area contributed by atoms with E-state index in [1.165, 1.54) is 32.2 Å². The van der Waals surface area contributed by atoms with Crippen molar-refractivity contribution in [3.63, 3.8) is 0 Å². The summed E-state index contributed by atoms with van der Waals surface area (Å²) in [6, 6.07) is 0.714. The van der Waals surface area contributed by atoms with Crippen LogP contribution in [-0.4, -0.2) is 48.8 Å². The third-order valence-corrected chi connectivity index (χ3v) is 4.72. The fourth-order valence-corrected chi connectivity index (χ4v) is 3.52. The van der Waals surface area contributed by atoms with Crippen molar-refractivity contribution < 1.29 is 5.11 Å². The van der Waals surface area contributed by atoms with Crippen LogP contribution in [0.25, 0.3) is 0 Å². The smallest absolute Gasteiger partial charge is 0.0590 e. The number of piperidine rings is 1. The van der Waals surface area contributed by atoms with Crippen LogP contribution in [0.3, 0.4) is 0 Å². The monoisotopic (exact) mass is 240 g/mol. The van der Waals surface area contributed by atoms with Gasteiger partial charge in [-0.25, -0.2) is 0 Å². The van der Waals surface area contributed by atoms with Gasteiger partial charge in [0.05, 0.1) is 6.10 Å². The minimum Gasteiger partial charge on any atom is -0.393 e. The fraction of sp³-hybridized carbons (Fsp3) is 1.00. The van der Waals surface area contributed by atoms with Crippen LogP contribution in [-0.2, 0) is 0 Å². The molecule has 1 heterocycles. The second-order valence-electron chi connectivity index (χ2n) is 6.03. The summed E-state index contributed by atoms with van der Waals surface area (Å²) in [5.74, 6) is 1.26. The Morgan fingerprint density at radius 2 is 2.00 bits per heavy atom. The minimum absolute atomic E-state index is 0.0716. The Morgan fingerprint density at radius 1 is 1.24 bits per heavy atom. The highest BCUT2D eigenvalue weighted by atomic mass is 16.3. The van der Waals surface area contributed by atoms with E-state index in [9.17, 15) is 5.11 Å². The lowest BCUT2D eigenvalue weighted by Crippen LogP contribution is -2.48. The number of hydrogen-bond acceptors (Lipinski definition) is 3. The van der Waals surface area contributed by atoms with E-state index in [4.69, 9.17) is 0 Å². The molecule has 2 rings (SSSR count). The van der Waals surface area contributed by atoms with Crippen LogP contribution in [0.4, 0.5) is 0 Å². The van der Waals surface area contributed by atoms with E-state index in [0.29, 0.717) is 12.0 Å². The Labute approximate surface area is 106 Å². The summed E-state index contributed by atoms with van der Waals surface area (Å²) in [6.07, 6.45) is 6.38. The average Bonchev–Trinajstić information content (AvgIpc) is 2.34. The maximum Gasteiger partial charge on any atom is 0.0590 e. The van der Waals surface area contributed by atoms with E-state index in [1.807, 2.05) is 0 Å². The SMILES string of the molecule is CNC1CCCCC1CN1CCC(O)C(C)C1. The van der Waals surface area contributed by atoms with Crippen LogP contribution >= 0.6 is 0 Å². The van der Waals surface area contributed by atoms with Crippen molar-refractivity contribution in [2.24, 2.45) is 11.8 Å². The zero-order valence-corrected chi connectivity index (χ0v) is 11.4. The number of nitrogens with one attached hydrogen (secondary N) is 1. The lowest BCUT2D eigenvalue weighted by atomic mass is 9.83. The van der Waals surface area contributed by atoms with E-state index in [-0.39, 0.29) is 6.10 Å². The summed E-state index contributed by atoms with van der Waals surface area (Å²) in [6.45, 7) is 5.56. The molecule has 1 aliphatic carbocycles. The van der Waals surface area contributed by atoms with E-state index < -0.39 is 0 Å². The molecule has 0 aromatic carbocycles. The highest BCUT2D eigenvalue weighted by Gasteiger charge is 2.29. The van der Waals surface area contributed by atoms with Crippen LogP contribution < -0.4 is 5.32 Å². The molecule has 17 heavy (non-hydrogen) atoms. The summed E-state index contributed by atoms with van der Waals surface area (Å²) in [4.78, 5) is 2.57. The van der Waals surface area contributed by atoms with Crippen molar-refractivity contribution in [2.75, 3.05) is 26.7 Å². The summed E-state index contributed by atoms with van der Waals surface area (Å²) in [7, 11) is 2.10. The number of likely N-dealkylation sites (tertiary alicyclic amines) is 1. The molecule has 0 aromatic rings. The maximum atomic E-state index is 9.76. The van der Waals surface area contributed by atoms with Crippen molar-refractivity contribution in [2.45, 2.75) is 51.2 Å². The van der Waals surface area contributed by atoms with Gasteiger partial charge in [-0.05, 0) is 38.1 Å². The lowest BCUT2D eigenvalue weighted by molar-refractivity contribution is 0.0241. The normalized spacial score (nSPS) is 40.4. The minimum atomic E-state index is -0.0716. The number of rotatable bonds is 3. The van der Waals surface area contributed by atoms with Crippen molar-refractivity contribution in [3.8, 4) is 0 Å². The number of aliphatic hydroxyl groups excluding tert-OH is 1. The van der Waals surface area contributed by atoms with Crippen molar-refractivity contribution in [1.29, 1.82) is 0 Å². The molecular weight excluding hydrogens is 212 g/mol. The van der Waals surface area contributed by atoms with Crippen LogP contribution in [0.5, 0.6) is 0 Å². The Hall–Kier alpha value is -0.120. The van der Waals surface area contributed by atoms with Gasteiger partial charge in [0.2, 0.25) is 0 Å². The van der Waals surface area contributed by atoms with E-state index in [1.54, 1.807) is 0 Å². The maximum absolute atomic E-state index is 9.76. The van der Waals surface area contributed by atoms with Crippen molar-refractivity contribution >= 4 is 0 Å². The second-order valence-corrected chi connectivity index (χ2v) is 6.03. The molecule has 1 saturated heterocycles. The molecule has 1 saturated carbocycles. The molecule has 0 amide bonds. The molecule has 4 atom stereocenters. The van der Waals surface area contributed by atoms with Gasteiger partial charge in [-0.1, -0.05) is 19.8 Å². The van der Waals surface area contributed by atoms with Crippen LogP contribution in [0.15, 0.2) is 0 Å². The molecule has 0 radical (unpaired) electrons. The number of nitrogens with zero attached hydrogens (tertiary/aromatic N) is 1. The van der Waals surface area contributed by atoms with E-state index >= 15 is 0 Å². The molecule has 0 aromatic heterocycles. The van der Waals surface area contributed by atoms with Crippen LogP contribution in [0, 0.1) is 11.8 Å². The highest BCUT2D eigenvalue weighted by molar-refractivity contribution is 4.85. The predicted octanol–water partition coefficient (Wildman–Crippen LogP) is 1.47. The largest absolute Gasteiger partial charge is 0.393 e. The van der Waals surface area contributed by atoms with Crippen molar-refractivity contribution in [3.05, 3.63) is 0 Å². The zero-order chi connectivity index (χ0) is 12.3. The Morgan fingerprint density at radius 3 is 2.71 bits per heavy atom. The summed E-state index contributed by atoms with van der Waals surface area (Å²) in [5, 5.41) is 13.2. The molecular formula is C14H28N2O. The van der Waals surface area contributed by atoms with Gasteiger partial charge in [0.25, 0.3) is 0 Å². The third-order valence-electron chi connectivity index (χ3n) is 4.72. The van der Waals surface area contributed by atoms with Crippen LogP contribution in [0.1, 0.15) is 39.0 Å². The Bertz CT molecular complexity index is 234. The Balaban J connectivity index is 1.83. The summed E-state index contributed by atoms with van der Waals surface area (Å²) in [5.41, 5.74) is 0. The second kappa shape index (κ2) is 6.17. The molecule has 0 bridgehead atoms. The van der Waals surface area contributed by atoms with Gasteiger partial charge in [-0.2, -0.15) is 0 Å². The first-order valence-corrected chi connectivity index (χ1v) is 7.28. The van der Waals surface area contributed by atoms with Gasteiger partial charge in [0, 0.05) is 25.7 Å².